The van der Waals surface area contributed by atoms with Crippen molar-refractivity contribution in [1.29, 1.82) is 0 Å². The van der Waals surface area contributed by atoms with Crippen LogP contribution in [0.25, 0.3) is 0 Å². The number of rotatable bonds is 3. The van der Waals surface area contributed by atoms with Gasteiger partial charge in [0, 0.05) is 44.7 Å². The molecule has 2 aliphatic heterocycles. The Morgan fingerprint density at radius 3 is 2.33 bits per heavy atom. The predicted molar refractivity (Wildman–Crippen MR) is 79.9 cm³/mol. The Bertz CT molecular complexity index is 684. The van der Waals surface area contributed by atoms with Crippen LogP contribution in [0.1, 0.15) is 16.8 Å². The summed E-state index contributed by atoms with van der Waals surface area (Å²) in [5.41, 5.74) is -0.0538. The molecular formula is C16H17F2N3O3. The van der Waals surface area contributed by atoms with Gasteiger partial charge in [-0.2, -0.15) is 0 Å². The van der Waals surface area contributed by atoms with Gasteiger partial charge >= 0.3 is 0 Å². The summed E-state index contributed by atoms with van der Waals surface area (Å²) in [5, 5.41) is 2.53. The van der Waals surface area contributed by atoms with E-state index >= 15 is 0 Å². The number of nitrogens with zero attached hydrogens (tertiary/aromatic N) is 2. The molecule has 0 spiro atoms. The molecule has 1 aromatic rings. The Morgan fingerprint density at radius 2 is 1.75 bits per heavy atom. The van der Waals surface area contributed by atoms with Crippen LogP contribution in [0.3, 0.4) is 0 Å². The number of carbonyl (C=O) groups is 3. The average Bonchev–Trinajstić information content (AvgIpc) is 2.85. The molecule has 0 radical (unpaired) electrons. The lowest BCUT2D eigenvalue weighted by atomic mass is 10.0. The van der Waals surface area contributed by atoms with Crippen LogP contribution < -0.4 is 5.32 Å². The Kier molecular flexibility index (Phi) is 4.21. The van der Waals surface area contributed by atoms with Gasteiger partial charge in [0.05, 0.1) is 12.0 Å². The van der Waals surface area contributed by atoms with Gasteiger partial charge in [-0.3, -0.25) is 14.4 Å². The summed E-state index contributed by atoms with van der Waals surface area (Å²) < 4.78 is 26.4. The van der Waals surface area contributed by atoms with Gasteiger partial charge in [-0.25, -0.2) is 8.78 Å². The Hall–Kier alpha value is -2.51. The van der Waals surface area contributed by atoms with E-state index < -0.39 is 17.5 Å². The molecule has 0 aliphatic carbocycles. The van der Waals surface area contributed by atoms with Crippen LogP contribution in [-0.4, -0.2) is 60.2 Å². The Morgan fingerprint density at radius 1 is 1.12 bits per heavy atom. The van der Waals surface area contributed by atoms with E-state index in [0.29, 0.717) is 25.7 Å². The number of hydrogen-bond acceptors (Lipinski definition) is 3. The monoisotopic (exact) mass is 337 g/mol. The fourth-order valence-corrected chi connectivity index (χ4v) is 3.14. The Balaban J connectivity index is 1.60. The van der Waals surface area contributed by atoms with Gasteiger partial charge in [0.15, 0.2) is 0 Å². The smallest absolute Gasteiger partial charge is 0.254 e. The predicted octanol–water partition coefficient (Wildman–Crippen LogP) is 0.384. The number of benzene rings is 1. The van der Waals surface area contributed by atoms with E-state index in [1.165, 1.54) is 11.9 Å². The fourth-order valence-electron chi connectivity index (χ4n) is 3.14. The van der Waals surface area contributed by atoms with Crippen molar-refractivity contribution in [3.63, 3.8) is 0 Å². The highest BCUT2D eigenvalue weighted by Gasteiger charge is 2.43. The second-order valence-electron chi connectivity index (χ2n) is 6.08. The second kappa shape index (κ2) is 6.18. The first-order chi connectivity index (χ1) is 11.4. The summed E-state index contributed by atoms with van der Waals surface area (Å²) in [4.78, 5) is 38.9. The van der Waals surface area contributed by atoms with Crippen LogP contribution >= 0.6 is 0 Å². The fraction of sp³-hybridized carbons (Fsp3) is 0.438. The highest BCUT2D eigenvalue weighted by atomic mass is 19.1. The quantitative estimate of drug-likeness (QED) is 0.867. The van der Waals surface area contributed by atoms with Gasteiger partial charge in [-0.05, 0) is 12.1 Å². The summed E-state index contributed by atoms with van der Waals surface area (Å²) in [6.07, 6.45) is 0.166. The van der Waals surface area contributed by atoms with Gasteiger partial charge in [0.25, 0.3) is 5.91 Å². The molecule has 6 nitrogen and oxygen atoms in total. The van der Waals surface area contributed by atoms with E-state index in [9.17, 15) is 23.2 Å². The standard InChI is InChI=1S/C16H17F2N3O3/c1-19-15(23)10-4-14(22)21(6-10)13-7-20(8-13)16(24)9-2-11(17)5-12(18)3-9/h2-3,5,10,13H,4,6-8H2,1H3,(H,19,23). The van der Waals surface area contributed by atoms with Crippen LogP contribution in [0.4, 0.5) is 8.78 Å². The third kappa shape index (κ3) is 2.95. The lowest BCUT2D eigenvalue weighted by Crippen LogP contribution is -2.61. The minimum atomic E-state index is -0.807. The van der Waals surface area contributed by atoms with Gasteiger partial charge in [0.2, 0.25) is 11.8 Å². The molecule has 2 heterocycles. The number of amides is 3. The lowest BCUT2D eigenvalue weighted by molar-refractivity contribution is -0.132. The van der Waals surface area contributed by atoms with Crippen molar-refractivity contribution in [2.45, 2.75) is 12.5 Å². The number of likely N-dealkylation sites (tertiary alicyclic amines) is 2. The Labute approximate surface area is 137 Å². The average molecular weight is 337 g/mol. The minimum Gasteiger partial charge on any atom is -0.359 e. The molecule has 2 aliphatic rings. The van der Waals surface area contributed by atoms with Crippen molar-refractivity contribution >= 4 is 17.7 Å². The minimum absolute atomic E-state index is 0.0538. The largest absolute Gasteiger partial charge is 0.359 e. The molecule has 1 atom stereocenters. The molecule has 1 unspecified atom stereocenters. The van der Waals surface area contributed by atoms with Gasteiger partial charge in [0.1, 0.15) is 11.6 Å². The maximum Gasteiger partial charge on any atom is 0.254 e. The van der Waals surface area contributed by atoms with Crippen LogP contribution in [0, 0.1) is 17.6 Å². The number of nitrogens with one attached hydrogen (secondary N) is 1. The normalized spacial score (nSPS) is 21.0. The highest BCUT2D eigenvalue weighted by molar-refractivity contribution is 5.95. The first kappa shape index (κ1) is 16.4. The molecule has 3 rings (SSSR count). The summed E-state index contributed by atoms with van der Waals surface area (Å²) in [6, 6.07) is 2.52. The van der Waals surface area contributed by atoms with Crippen LogP contribution in [0.15, 0.2) is 18.2 Å². The van der Waals surface area contributed by atoms with Crippen molar-refractivity contribution in [3.05, 3.63) is 35.4 Å². The van der Waals surface area contributed by atoms with E-state index in [4.69, 9.17) is 0 Å². The van der Waals surface area contributed by atoms with E-state index in [0.717, 1.165) is 12.1 Å². The van der Waals surface area contributed by atoms with Crippen molar-refractivity contribution in [2.75, 3.05) is 26.7 Å². The van der Waals surface area contributed by atoms with Crippen LogP contribution in [0.5, 0.6) is 0 Å². The second-order valence-corrected chi connectivity index (χ2v) is 6.08. The summed E-state index contributed by atoms with van der Waals surface area (Å²) in [5.74, 6) is -2.74. The van der Waals surface area contributed by atoms with Crippen LogP contribution in [-0.2, 0) is 9.59 Å². The van der Waals surface area contributed by atoms with Gasteiger partial charge < -0.3 is 15.1 Å². The third-order valence-corrected chi connectivity index (χ3v) is 4.48. The van der Waals surface area contributed by atoms with Gasteiger partial charge in [-0.1, -0.05) is 0 Å². The topological polar surface area (TPSA) is 69.7 Å². The first-order valence-corrected chi connectivity index (χ1v) is 7.65. The first-order valence-electron chi connectivity index (χ1n) is 7.65. The molecular weight excluding hydrogens is 320 g/mol. The zero-order chi connectivity index (χ0) is 17.4. The summed E-state index contributed by atoms with van der Waals surface area (Å²) in [7, 11) is 1.53. The van der Waals surface area contributed by atoms with Crippen molar-refractivity contribution < 1.29 is 23.2 Å². The molecule has 0 saturated carbocycles. The van der Waals surface area contributed by atoms with Gasteiger partial charge in [-0.15, -0.1) is 0 Å². The molecule has 0 aromatic heterocycles. The molecule has 128 valence electrons. The third-order valence-electron chi connectivity index (χ3n) is 4.48. The maximum absolute atomic E-state index is 13.2. The molecule has 1 aromatic carbocycles. The van der Waals surface area contributed by atoms with Crippen molar-refractivity contribution in [2.24, 2.45) is 5.92 Å². The SMILES string of the molecule is CNC(=O)C1CC(=O)N(C2CN(C(=O)c3cc(F)cc(F)c3)C2)C1. The van der Waals surface area contributed by atoms with Crippen molar-refractivity contribution in [1.82, 2.24) is 15.1 Å². The molecule has 8 heteroatoms. The molecule has 2 fully saturated rings. The molecule has 0 bridgehead atoms. The molecule has 3 amide bonds. The molecule has 1 N–H and O–H groups in total. The summed E-state index contributed by atoms with van der Waals surface area (Å²) >= 11 is 0. The van der Waals surface area contributed by atoms with E-state index in [-0.39, 0.29) is 35.8 Å². The molecule has 2 saturated heterocycles. The lowest BCUT2D eigenvalue weighted by Gasteiger charge is -2.44. The number of halogens is 2. The van der Waals surface area contributed by atoms with E-state index in [1.807, 2.05) is 0 Å². The summed E-state index contributed by atoms with van der Waals surface area (Å²) in [6.45, 7) is 0.923. The number of carbonyl (C=O) groups excluding carboxylic acids is 3. The van der Waals surface area contributed by atoms with Crippen molar-refractivity contribution in [3.8, 4) is 0 Å². The molecule has 24 heavy (non-hydrogen) atoms. The number of hydrogen-bond donors (Lipinski definition) is 1. The van der Waals surface area contributed by atoms with E-state index in [1.54, 1.807) is 4.90 Å². The zero-order valence-electron chi connectivity index (χ0n) is 13.1. The van der Waals surface area contributed by atoms with E-state index in [2.05, 4.69) is 5.32 Å². The zero-order valence-corrected chi connectivity index (χ0v) is 13.1. The highest BCUT2D eigenvalue weighted by Crippen LogP contribution is 2.26. The van der Waals surface area contributed by atoms with Crippen LogP contribution in [0.2, 0.25) is 0 Å². The maximum atomic E-state index is 13.2.